The van der Waals surface area contributed by atoms with Crippen molar-refractivity contribution in [2.75, 3.05) is 0 Å². The van der Waals surface area contributed by atoms with Crippen LogP contribution in [0.5, 0.6) is 0 Å². The lowest BCUT2D eigenvalue weighted by molar-refractivity contribution is 0.933. The Morgan fingerprint density at radius 2 is 0.632 bits per heavy atom. The molecule has 0 N–H and O–H groups in total. The Labute approximate surface area is 442 Å². The minimum absolute atomic E-state index is 0.915. The predicted molar refractivity (Wildman–Crippen MR) is 320 cm³/mol. The van der Waals surface area contributed by atoms with E-state index in [2.05, 4.69) is 231 Å². The number of pyridine rings is 3. The largest absolute Gasteiger partial charge is 0.256 e. The summed E-state index contributed by atoms with van der Waals surface area (Å²) in [5.74, 6) is 0. The molecule has 0 amide bonds. The molecule has 11 aromatic carbocycles. The van der Waals surface area contributed by atoms with Crippen molar-refractivity contribution in [3.05, 3.63) is 283 Å². The molecule has 0 aliphatic heterocycles. The topological polar surface area (TPSA) is 38.7 Å². The number of aryl methyl sites for hydroxylation is 4. The van der Waals surface area contributed by atoms with E-state index in [1.807, 2.05) is 30.7 Å². The molecule has 0 atom stereocenters. The third kappa shape index (κ3) is 8.42. The van der Waals surface area contributed by atoms with Crippen molar-refractivity contribution in [1.29, 1.82) is 0 Å². The summed E-state index contributed by atoms with van der Waals surface area (Å²) in [6.07, 6.45) is 9.42. The maximum Gasteiger partial charge on any atom is 0.0786 e. The van der Waals surface area contributed by atoms with Crippen LogP contribution < -0.4 is 0 Å². The highest BCUT2D eigenvalue weighted by Gasteiger charge is 2.15. The highest BCUT2D eigenvalue weighted by Crippen LogP contribution is 2.39. The van der Waals surface area contributed by atoms with Gasteiger partial charge in [0.2, 0.25) is 0 Å². The molecule has 3 heterocycles. The second kappa shape index (κ2) is 19.4. The Balaban J connectivity index is 0.797. The molecular formula is C73H51N3. The van der Waals surface area contributed by atoms with E-state index in [1.54, 1.807) is 0 Å². The molecular weight excluding hydrogens is 919 g/mol. The van der Waals surface area contributed by atoms with Gasteiger partial charge >= 0.3 is 0 Å². The van der Waals surface area contributed by atoms with Crippen molar-refractivity contribution >= 4 is 64.9 Å². The number of benzene rings is 11. The Morgan fingerprint density at radius 3 is 1.20 bits per heavy atom. The van der Waals surface area contributed by atoms with Gasteiger partial charge in [-0.3, -0.25) is 15.0 Å². The lowest BCUT2D eigenvalue weighted by Gasteiger charge is -2.15. The number of fused-ring (bicyclic) bond motifs is 12. The fourth-order valence-corrected chi connectivity index (χ4v) is 11.8. The number of aromatic nitrogens is 3. The molecule has 0 saturated carbocycles. The molecule has 3 aromatic heterocycles. The first-order valence-corrected chi connectivity index (χ1v) is 26.5. The smallest absolute Gasteiger partial charge is 0.0786 e. The molecule has 0 aliphatic carbocycles. The molecule has 14 aromatic rings. The molecule has 0 aliphatic rings. The van der Waals surface area contributed by atoms with Gasteiger partial charge < -0.3 is 0 Å². The van der Waals surface area contributed by atoms with E-state index >= 15 is 0 Å². The second-order valence-corrected chi connectivity index (χ2v) is 20.2. The van der Waals surface area contributed by atoms with Crippen molar-refractivity contribution < 1.29 is 0 Å². The van der Waals surface area contributed by atoms with Gasteiger partial charge in [0.15, 0.2) is 0 Å². The van der Waals surface area contributed by atoms with Crippen LogP contribution in [0.15, 0.2) is 261 Å². The third-order valence-electron chi connectivity index (χ3n) is 15.6. The Hall–Kier alpha value is -9.57. The highest BCUT2D eigenvalue weighted by atomic mass is 14.7. The summed E-state index contributed by atoms with van der Waals surface area (Å²) in [7, 11) is 0. The average molecular weight is 970 g/mol. The van der Waals surface area contributed by atoms with Crippen LogP contribution in [0.2, 0.25) is 0 Å². The van der Waals surface area contributed by atoms with Gasteiger partial charge in [-0.05, 0) is 149 Å². The van der Waals surface area contributed by atoms with Crippen LogP contribution in [0.1, 0.15) is 22.3 Å². The number of nitrogens with zero attached hydrogens (tertiary/aromatic N) is 3. The summed E-state index contributed by atoms with van der Waals surface area (Å²) in [5.41, 5.74) is 19.1. The van der Waals surface area contributed by atoms with Gasteiger partial charge in [-0.15, -0.1) is 0 Å². The first-order chi connectivity index (χ1) is 37.6. The van der Waals surface area contributed by atoms with E-state index in [0.29, 0.717) is 0 Å². The lowest BCUT2D eigenvalue weighted by atomic mass is 9.89. The summed E-state index contributed by atoms with van der Waals surface area (Å²) >= 11 is 0. The standard InChI is InChI=1S/C73H51N3/c1-2-12-52(13-3-1)53-28-30-54(31-29-53)57-38-41-74-71(47-57)56-34-32-55(33-35-56)59-14-4-5-15-60(59)58-43-50(24-22-48-26-36-67-69(45-48)63-18-8-6-16-61(63)65-20-10-39-75-72(65)67)42-51(44-58)25-23-49-27-37-68-70(46-49)64-19-9-7-17-62(64)66-21-11-40-76-73(66)68/h1-21,26-47H,22-25H2. The molecule has 3 heteroatoms. The van der Waals surface area contributed by atoms with Gasteiger partial charge in [0.1, 0.15) is 0 Å². The molecule has 0 saturated heterocycles. The fourth-order valence-electron chi connectivity index (χ4n) is 11.8. The summed E-state index contributed by atoms with van der Waals surface area (Å²) in [6, 6.07) is 88.9. The molecule has 14 rings (SSSR count). The van der Waals surface area contributed by atoms with Gasteiger partial charge in [0.25, 0.3) is 0 Å². The normalized spacial score (nSPS) is 11.6. The van der Waals surface area contributed by atoms with E-state index in [0.717, 1.165) is 53.5 Å². The molecule has 0 unspecified atom stereocenters. The van der Waals surface area contributed by atoms with Crippen LogP contribution in [-0.2, 0) is 25.7 Å². The van der Waals surface area contributed by atoms with E-state index in [9.17, 15) is 0 Å². The Bertz CT molecular complexity index is 4250. The second-order valence-electron chi connectivity index (χ2n) is 20.2. The van der Waals surface area contributed by atoms with Gasteiger partial charge in [-0.2, -0.15) is 0 Å². The quantitative estimate of drug-likeness (QED) is 0.121. The van der Waals surface area contributed by atoms with Crippen LogP contribution in [0.25, 0.3) is 121 Å². The molecule has 3 nitrogen and oxygen atoms in total. The Morgan fingerprint density at radius 1 is 0.211 bits per heavy atom. The first kappa shape index (κ1) is 45.1. The highest BCUT2D eigenvalue weighted by molar-refractivity contribution is 6.25. The molecule has 76 heavy (non-hydrogen) atoms. The van der Waals surface area contributed by atoms with Crippen LogP contribution in [0.4, 0.5) is 0 Å². The minimum Gasteiger partial charge on any atom is -0.256 e. The van der Waals surface area contributed by atoms with Crippen LogP contribution >= 0.6 is 0 Å². The van der Waals surface area contributed by atoms with Crippen molar-refractivity contribution in [3.63, 3.8) is 0 Å². The molecule has 0 bridgehead atoms. The number of hydrogen-bond acceptors (Lipinski definition) is 3. The predicted octanol–water partition coefficient (Wildman–Crippen LogP) is 18.7. The summed E-state index contributed by atoms with van der Waals surface area (Å²) in [4.78, 5) is 14.6. The zero-order valence-corrected chi connectivity index (χ0v) is 42.0. The maximum absolute atomic E-state index is 4.88. The zero-order valence-electron chi connectivity index (χ0n) is 42.0. The van der Waals surface area contributed by atoms with Gasteiger partial charge in [-0.1, -0.05) is 218 Å². The van der Waals surface area contributed by atoms with E-state index < -0.39 is 0 Å². The van der Waals surface area contributed by atoms with Crippen LogP contribution in [-0.4, -0.2) is 15.0 Å². The molecule has 358 valence electrons. The Kier molecular flexibility index (Phi) is 11.5. The first-order valence-electron chi connectivity index (χ1n) is 26.5. The number of hydrogen-bond donors (Lipinski definition) is 0. The maximum atomic E-state index is 4.88. The van der Waals surface area contributed by atoms with E-state index in [-0.39, 0.29) is 0 Å². The molecule has 0 fully saturated rings. The monoisotopic (exact) mass is 969 g/mol. The van der Waals surface area contributed by atoms with Crippen molar-refractivity contribution in [2.24, 2.45) is 0 Å². The summed E-state index contributed by atoms with van der Waals surface area (Å²) < 4.78 is 0. The molecule has 0 spiro atoms. The van der Waals surface area contributed by atoms with Crippen molar-refractivity contribution in [3.8, 4) is 55.8 Å². The minimum atomic E-state index is 0.915. The van der Waals surface area contributed by atoms with Gasteiger partial charge in [0.05, 0.1) is 16.7 Å². The lowest BCUT2D eigenvalue weighted by Crippen LogP contribution is -1.98. The zero-order chi connectivity index (χ0) is 50.4. The van der Waals surface area contributed by atoms with Crippen LogP contribution in [0.3, 0.4) is 0 Å². The van der Waals surface area contributed by atoms with Crippen molar-refractivity contribution in [1.82, 2.24) is 15.0 Å². The third-order valence-corrected chi connectivity index (χ3v) is 15.6. The van der Waals surface area contributed by atoms with Crippen LogP contribution in [0, 0.1) is 0 Å². The van der Waals surface area contributed by atoms with Gasteiger partial charge in [0, 0.05) is 45.7 Å². The summed E-state index contributed by atoms with van der Waals surface area (Å²) in [6.45, 7) is 0. The fraction of sp³-hybridized carbons (Fsp3) is 0.0548. The molecule has 0 radical (unpaired) electrons. The van der Waals surface area contributed by atoms with Gasteiger partial charge in [-0.25, -0.2) is 0 Å². The average Bonchev–Trinajstić information content (AvgIpc) is 3.54. The van der Waals surface area contributed by atoms with E-state index in [4.69, 9.17) is 15.0 Å². The number of rotatable bonds is 11. The van der Waals surface area contributed by atoms with E-state index in [1.165, 1.54) is 115 Å². The van der Waals surface area contributed by atoms with Crippen molar-refractivity contribution in [2.45, 2.75) is 25.7 Å². The summed E-state index contributed by atoms with van der Waals surface area (Å²) in [5, 5.41) is 12.4. The SMILES string of the molecule is c1ccc(-c2ccc(-c3ccnc(-c4ccc(-c5ccccc5-c5cc(CCc6ccc7c(c6)c6ccccc6c6cccnc67)cc(CCc6ccc7c(c6)c6ccccc6c6cccnc67)c5)cc4)c3)cc2)cc1.